The Morgan fingerprint density at radius 1 is 0.652 bits per heavy atom. The van der Waals surface area contributed by atoms with Gasteiger partial charge in [-0.15, -0.1) is 0 Å². The van der Waals surface area contributed by atoms with Crippen LogP contribution >= 0.6 is 0 Å². The standard InChI is InChI=1S/C23H46/c1-4-5-13-18-23(20-15-11-16-21-23)19-14-10-8-6-7-9-12-17-22(2)3/h22H,4-21H2,1-3H3. The molecular weight excluding hydrogens is 276 g/mol. The Balaban J connectivity index is 2.06. The third kappa shape index (κ3) is 10.5. The molecule has 0 radical (unpaired) electrons. The van der Waals surface area contributed by atoms with Crippen LogP contribution in [0.15, 0.2) is 0 Å². The summed E-state index contributed by atoms with van der Waals surface area (Å²) in [7, 11) is 0. The van der Waals surface area contributed by atoms with E-state index in [1.165, 1.54) is 96.3 Å². The van der Waals surface area contributed by atoms with E-state index in [4.69, 9.17) is 0 Å². The molecule has 1 saturated carbocycles. The van der Waals surface area contributed by atoms with E-state index in [1.54, 1.807) is 19.3 Å². The molecule has 0 spiro atoms. The molecule has 0 nitrogen and oxygen atoms in total. The highest BCUT2D eigenvalue weighted by atomic mass is 14.4. The lowest BCUT2D eigenvalue weighted by Crippen LogP contribution is -2.24. The van der Waals surface area contributed by atoms with E-state index in [1.807, 2.05) is 0 Å². The van der Waals surface area contributed by atoms with E-state index in [0.717, 1.165) is 11.3 Å². The molecule has 0 bridgehead atoms. The van der Waals surface area contributed by atoms with Crippen molar-refractivity contribution in [2.75, 3.05) is 0 Å². The Morgan fingerprint density at radius 2 is 1.17 bits per heavy atom. The average molecular weight is 323 g/mol. The largest absolute Gasteiger partial charge is 0.0654 e. The van der Waals surface area contributed by atoms with Gasteiger partial charge < -0.3 is 0 Å². The fourth-order valence-electron chi connectivity index (χ4n) is 4.61. The molecule has 0 N–H and O–H groups in total. The lowest BCUT2D eigenvalue weighted by molar-refractivity contribution is 0.147. The van der Waals surface area contributed by atoms with Gasteiger partial charge in [0.15, 0.2) is 0 Å². The Morgan fingerprint density at radius 3 is 1.74 bits per heavy atom. The van der Waals surface area contributed by atoms with Crippen molar-refractivity contribution in [1.29, 1.82) is 0 Å². The van der Waals surface area contributed by atoms with Crippen molar-refractivity contribution in [3.63, 3.8) is 0 Å². The molecule has 0 aromatic heterocycles. The van der Waals surface area contributed by atoms with Crippen LogP contribution in [0.4, 0.5) is 0 Å². The van der Waals surface area contributed by atoms with Crippen molar-refractivity contribution in [1.82, 2.24) is 0 Å². The molecule has 1 rings (SSSR count). The minimum absolute atomic E-state index is 0.769. The zero-order chi connectivity index (χ0) is 16.8. The Bertz CT molecular complexity index is 247. The third-order valence-corrected chi connectivity index (χ3v) is 6.21. The summed E-state index contributed by atoms with van der Waals surface area (Å²) in [5.74, 6) is 0.898. The number of hydrogen-bond donors (Lipinski definition) is 0. The van der Waals surface area contributed by atoms with Gasteiger partial charge >= 0.3 is 0 Å². The molecule has 0 saturated heterocycles. The SMILES string of the molecule is CCCCCC1(CCCCCCCCCC(C)C)CCCCC1. The summed E-state index contributed by atoms with van der Waals surface area (Å²) in [5, 5.41) is 0. The highest BCUT2D eigenvalue weighted by Crippen LogP contribution is 2.44. The first-order chi connectivity index (χ1) is 11.2. The summed E-state index contributed by atoms with van der Waals surface area (Å²) in [5.41, 5.74) is 0.769. The van der Waals surface area contributed by atoms with Crippen LogP contribution in [0.1, 0.15) is 136 Å². The number of hydrogen-bond acceptors (Lipinski definition) is 0. The minimum atomic E-state index is 0.769. The third-order valence-electron chi connectivity index (χ3n) is 6.21. The van der Waals surface area contributed by atoms with Crippen molar-refractivity contribution in [2.45, 2.75) is 136 Å². The van der Waals surface area contributed by atoms with Gasteiger partial charge in [-0.25, -0.2) is 0 Å². The average Bonchev–Trinajstić information content (AvgIpc) is 2.54. The van der Waals surface area contributed by atoms with Crippen LogP contribution in [0.3, 0.4) is 0 Å². The summed E-state index contributed by atoms with van der Waals surface area (Å²) in [4.78, 5) is 0. The first-order valence-corrected chi connectivity index (χ1v) is 11.2. The molecule has 0 amide bonds. The first kappa shape index (κ1) is 21.0. The highest BCUT2D eigenvalue weighted by molar-refractivity contribution is 4.82. The minimum Gasteiger partial charge on any atom is -0.0654 e. The molecule has 0 unspecified atom stereocenters. The summed E-state index contributed by atoms with van der Waals surface area (Å²) in [6.45, 7) is 7.04. The molecular formula is C23H46. The van der Waals surface area contributed by atoms with Gasteiger partial charge in [0.05, 0.1) is 0 Å². The van der Waals surface area contributed by atoms with Crippen LogP contribution in [-0.2, 0) is 0 Å². The molecule has 0 aliphatic heterocycles. The highest BCUT2D eigenvalue weighted by Gasteiger charge is 2.30. The first-order valence-electron chi connectivity index (χ1n) is 11.2. The van der Waals surface area contributed by atoms with E-state index in [-0.39, 0.29) is 0 Å². The summed E-state index contributed by atoms with van der Waals surface area (Å²) >= 11 is 0. The zero-order valence-electron chi connectivity index (χ0n) is 16.8. The smallest absolute Gasteiger partial charge is 0.0297 e. The second-order valence-electron chi connectivity index (χ2n) is 8.93. The summed E-state index contributed by atoms with van der Waals surface area (Å²) in [6.07, 6.45) is 26.9. The second-order valence-corrected chi connectivity index (χ2v) is 8.93. The molecule has 138 valence electrons. The van der Waals surface area contributed by atoms with Gasteiger partial charge in [-0.1, -0.05) is 111 Å². The van der Waals surface area contributed by atoms with Crippen molar-refractivity contribution in [2.24, 2.45) is 11.3 Å². The molecule has 0 atom stereocenters. The molecule has 1 aliphatic rings. The van der Waals surface area contributed by atoms with Gasteiger partial charge in [0.1, 0.15) is 0 Å². The van der Waals surface area contributed by atoms with Crippen LogP contribution in [0.2, 0.25) is 0 Å². The van der Waals surface area contributed by atoms with Crippen molar-refractivity contribution in [3.05, 3.63) is 0 Å². The van der Waals surface area contributed by atoms with Crippen LogP contribution in [-0.4, -0.2) is 0 Å². The molecule has 0 aromatic carbocycles. The summed E-state index contributed by atoms with van der Waals surface area (Å²) < 4.78 is 0. The van der Waals surface area contributed by atoms with Crippen molar-refractivity contribution < 1.29 is 0 Å². The quantitative estimate of drug-likeness (QED) is 0.280. The van der Waals surface area contributed by atoms with Gasteiger partial charge in [-0.05, 0) is 37.0 Å². The molecule has 1 aliphatic carbocycles. The monoisotopic (exact) mass is 322 g/mol. The molecule has 1 fully saturated rings. The lowest BCUT2D eigenvalue weighted by Gasteiger charge is -2.38. The molecule has 0 heterocycles. The fraction of sp³-hybridized carbons (Fsp3) is 1.00. The van der Waals surface area contributed by atoms with Gasteiger partial charge in [0.25, 0.3) is 0 Å². The normalized spacial score (nSPS) is 17.7. The van der Waals surface area contributed by atoms with Gasteiger partial charge in [-0.2, -0.15) is 0 Å². The van der Waals surface area contributed by atoms with E-state index in [0.29, 0.717) is 0 Å². The van der Waals surface area contributed by atoms with E-state index >= 15 is 0 Å². The maximum Gasteiger partial charge on any atom is -0.0297 e. The van der Waals surface area contributed by atoms with Crippen LogP contribution < -0.4 is 0 Å². The maximum atomic E-state index is 2.35. The van der Waals surface area contributed by atoms with Crippen molar-refractivity contribution in [3.8, 4) is 0 Å². The topological polar surface area (TPSA) is 0 Å². The van der Waals surface area contributed by atoms with Crippen LogP contribution in [0, 0.1) is 11.3 Å². The van der Waals surface area contributed by atoms with E-state index in [2.05, 4.69) is 20.8 Å². The van der Waals surface area contributed by atoms with Crippen LogP contribution in [0.5, 0.6) is 0 Å². The predicted molar refractivity (Wildman–Crippen MR) is 106 cm³/mol. The fourth-order valence-corrected chi connectivity index (χ4v) is 4.61. The summed E-state index contributed by atoms with van der Waals surface area (Å²) in [6, 6.07) is 0. The number of rotatable bonds is 14. The predicted octanol–water partition coefficient (Wildman–Crippen LogP) is 8.68. The van der Waals surface area contributed by atoms with E-state index < -0.39 is 0 Å². The maximum absolute atomic E-state index is 2.35. The second kappa shape index (κ2) is 13.3. The van der Waals surface area contributed by atoms with E-state index in [9.17, 15) is 0 Å². The van der Waals surface area contributed by atoms with Gasteiger partial charge in [0.2, 0.25) is 0 Å². The van der Waals surface area contributed by atoms with Crippen LogP contribution in [0.25, 0.3) is 0 Å². The molecule has 0 heteroatoms. The van der Waals surface area contributed by atoms with Gasteiger partial charge in [-0.3, -0.25) is 0 Å². The number of unbranched alkanes of at least 4 members (excludes halogenated alkanes) is 8. The van der Waals surface area contributed by atoms with Gasteiger partial charge in [0, 0.05) is 0 Å². The molecule has 0 aromatic rings. The lowest BCUT2D eigenvalue weighted by atomic mass is 9.68. The Hall–Kier alpha value is 0. The van der Waals surface area contributed by atoms with Crippen molar-refractivity contribution >= 4 is 0 Å². The zero-order valence-corrected chi connectivity index (χ0v) is 16.8. The Labute approximate surface area is 148 Å². The molecule has 23 heavy (non-hydrogen) atoms. The Kier molecular flexibility index (Phi) is 12.2.